The maximum atomic E-state index is 13.3. The quantitative estimate of drug-likeness (QED) is 0.788. The molecule has 2 rings (SSSR count). The fraction of sp³-hybridized carbons (Fsp3) is 0.143. The van der Waals surface area contributed by atoms with Gasteiger partial charge in [0.1, 0.15) is 5.82 Å². The summed E-state index contributed by atoms with van der Waals surface area (Å²) in [5.41, 5.74) is 9.32. The third-order valence-corrected chi connectivity index (χ3v) is 3.02. The van der Waals surface area contributed by atoms with Crippen LogP contribution in [-0.2, 0) is 0 Å². The first kappa shape index (κ1) is 12.7. The van der Waals surface area contributed by atoms with E-state index in [0.717, 1.165) is 11.3 Å². The fourth-order valence-corrected chi connectivity index (χ4v) is 1.94. The van der Waals surface area contributed by atoms with Crippen molar-refractivity contribution in [3.05, 3.63) is 52.3 Å². The van der Waals surface area contributed by atoms with Crippen LogP contribution in [0.25, 0.3) is 0 Å². The molecule has 0 aromatic heterocycles. The Balaban J connectivity index is 2.37. The number of nitrogens with one attached hydrogen (secondary N) is 1. The second kappa shape index (κ2) is 4.86. The van der Waals surface area contributed by atoms with Gasteiger partial charge in [0, 0.05) is 10.7 Å². The Kier molecular flexibility index (Phi) is 3.43. The van der Waals surface area contributed by atoms with Gasteiger partial charge in [-0.15, -0.1) is 0 Å². The Morgan fingerprint density at radius 1 is 1.06 bits per heavy atom. The highest BCUT2D eigenvalue weighted by Crippen LogP contribution is 2.28. The fourth-order valence-electron chi connectivity index (χ4n) is 1.72. The van der Waals surface area contributed by atoms with Crippen LogP contribution < -0.4 is 11.1 Å². The number of hydrogen-bond donors (Lipinski definition) is 2. The average Bonchev–Trinajstić information content (AvgIpc) is 2.29. The Hall–Kier alpha value is -1.74. The van der Waals surface area contributed by atoms with Gasteiger partial charge in [-0.2, -0.15) is 0 Å². The van der Waals surface area contributed by atoms with Gasteiger partial charge in [-0.25, -0.2) is 4.39 Å². The summed E-state index contributed by atoms with van der Waals surface area (Å²) in [5, 5.41) is 3.87. The van der Waals surface area contributed by atoms with E-state index in [-0.39, 0.29) is 5.82 Å². The summed E-state index contributed by atoms with van der Waals surface area (Å²) >= 11 is 5.90. The van der Waals surface area contributed by atoms with Crippen molar-refractivity contribution < 1.29 is 4.39 Å². The summed E-state index contributed by atoms with van der Waals surface area (Å²) in [7, 11) is 0. The third kappa shape index (κ3) is 2.57. The summed E-state index contributed by atoms with van der Waals surface area (Å²) in [6.07, 6.45) is 0. The average molecular weight is 265 g/mol. The van der Waals surface area contributed by atoms with Crippen molar-refractivity contribution in [2.24, 2.45) is 0 Å². The maximum Gasteiger partial charge on any atom is 0.128 e. The number of hydrogen-bond acceptors (Lipinski definition) is 2. The molecule has 94 valence electrons. The molecule has 0 aliphatic rings. The smallest absolute Gasteiger partial charge is 0.128 e. The van der Waals surface area contributed by atoms with Gasteiger partial charge in [-0.1, -0.05) is 11.6 Å². The molecule has 18 heavy (non-hydrogen) atoms. The van der Waals surface area contributed by atoms with E-state index >= 15 is 0 Å². The van der Waals surface area contributed by atoms with Gasteiger partial charge in [-0.3, -0.25) is 0 Å². The van der Waals surface area contributed by atoms with Crippen molar-refractivity contribution in [2.45, 2.75) is 13.8 Å². The van der Waals surface area contributed by atoms with E-state index in [4.69, 9.17) is 17.3 Å². The molecule has 0 heterocycles. The lowest BCUT2D eigenvalue weighted by atomic mass is 10.1. The summed E-state index contributed by atoms with van der Waals surface area (Å²) in [5.74, 6) is -0.300. The van der Waals surface area contributed by atoms with Gasteiger partial charge in [0.25, 0.3) is 0 Å². The molecule has 2 nitrogen and oxygen atoms in total. The van der Waals surface area contributed by atoms with E-state index in [1.807, 2.05) is 19.1 Å². The molecule has 0 spiro atoms. The Morgan fingerprint density at radius 2 is 1.78 bits per heavy atom. The molecular weight excluding hydrogens is 251 g/mol. The van der Waals surface area contributed by atoms with Crippen LogP contribution in [0, 0.1) is 19.7 Å². The van der Waals surface area contributed by atoms with Crippen LogP contribution >= 0.6 is 11.6 Å². The first-order chi connectivity index (χ1) is 8.47. The monoisotopic (exact) mass is 264 g/mol. The molecule has 0 saturated carbocycles. The molecule has 3 N–H and O–H groups in total. The van der Waals surface area contributed by atoms with Gasteiger partial charge in [-0.05, 0) is 55.3 Å². The standard InChI is InChI=1S/C14H14ClFN2/c1-8-6-14(12(17)7-11(8)16)18-13-4-3-10(15)5-9(13)2/h3-7,18H,17H2,1-2H3. The Labute approximate surface area is 111 Å². The maximum absolute atomic E-state index is 13.3. The van der Waals surface area contributed by atoms with Crippen LogP contribution in [0.5, 0.6) is 0 Å². The molecule has 2 aromatic rings. The number of anilines is 3. The summed E-state index contributed by atoms with van der Waals surface area (Å²) in [6, 6.07) is 8.54. The van der Waals surface area contributed by atoms with Gasteiger partial charge >= 0.3 is 0 Å². The molecule has 0 bridgehead atoms. The molecule has 0 radical (unpaired) electrons. The molecule has 0 unspecified atom stereocenters. The number of halogens is 2. The number of benzene rings is 2. The summed E-state index contributed by atoms with van der Waals surface area (Å²) in [4.78, 5) is 0. The van der Waals surface area contributed by atoms with Gasteiger partial charge in [0.2, 0.25) is 0 Å². The van der Waals surface area contributed by atoms with Crippen LogP contribution in [0.4, 0.5) is 21.5 Å². The van der Waals surface area contributed by atoms with E-state index < -0.39 is 0 Å². The molecule has 0 atom stereocenters. The molecule has 0 aliphatic heterocycles. The van der Waals surface area contributed by atoms with Crippen molar-refractivity contribution in [3.8, 4) is 0 Å². The van der Waals surface area contributed by atoms with Crippen molar-refractivity contribution >= 4 is 28.7 Å². The highest BCUT2D eigenvalue weighted by atomic mass is 35.5. The molecule has 4 heteroatoms. The zero-order valence-corrected chi connectivity index (χ0v) is 11.0. The molecule has 0 amide bonds. The topological polar surface area (TPSA) is 38.0 Å². The van der Waals surface area contributed by atoms with E-state index in [1.165, 1.54) is 6.07 Å². The Bertz CT molecular complexity index is 597. The van der Waals surface area contributed by atoms with Crippen molar-refractivity contribution in [3.63, 3.8) is 0 Å². The van der Waals surface area contributed by atoms with Crippen LogP contribution in [-0.4, -0.2) is 0 Å². The first-order valence-corrected chi connectivity index (χ1v) is 5.94. The number of rotatable bonds is 2. The normalized spacial score (nSPS) is 10.4. The summed E-state index contributed by atoms with van der Waals surface area (Å²) < 4.78 is 13.3. The second-order valence-electron chi connectivity index (χ2n) is 4.27. The predicted molar refractivity (Wildman–Crippen MR) is 75.0 cm³/mol. The lowest BCUT2D eigenvalue weighted by molar-refractivity contribution is 0.619. The van der Waals surface area contributed by atoms with Crippen molar-refractivity contribution in [2.75, 3.05) is 11.1 Å². The van der Waals surface area contributed by atoms with Gasteiger partial charge < -0.3 is 11.1 Å². The third-order valence-electron chi connectivity index (χ3n) is 2.79. The van der Waals surface area contributed by atoms with E-state index in [2.05, 4.69) is 5.32 Å². The highest BCUT2D eigenvalue weighted by molar-refractivity contribution is 6.30. The SMILES string of the molecule is Cc1cc(Nc2ccc(Cl)cc2C)c(N)cc1F. The molecule has 0 fully saturated rings. The second-order valence-corrected chi connectivity index (χ2v) is 4.71. The van der Waals surface area contributed by atoms with Crippen LogP contribution in [0.2, 0.25) is 5.02 Å². The predicted octanol–water partition coefficient (Wildman–Crippen LogP) is 4.42. The molecular formula is C14H14ClFN2. The first-order valence-electron chi connectivity index (χ1n) is 5.56. The lowest BCUT2D eigenvalue weighted by Gasteiger charge is -2.13. The highest BCUT2D eigenvalue weighted by Gasteiger charge is 2.06. The van der Waals surface area contributed by atoms with E-state index in [0.29, 0.717) is 22.0 Å². The number of nitrogen functional groups attached to an aromatic ring is 1. The van der Waals surface area contributed by atoms with E-state index in [9.17, 15) is 4.39 Å². The van der Waals surface area contributed by atoms with Gasteiger partial charge in [0.15, 0.2) is 0 Å². The van der Waals surface area contributed by atoms with E-state index in [1.54, 1.807) is 19.1 Å². The minimum atomic E-state index is -0.300. The van der Waals surface area contributed by atoms with Crippen LogP contribution in [0.3, 0.4) is 0 Å². The minimum absolute atomic E-state index is 0.300. The molecule has 0 aliphatic carbocycles. The van der Waals surface area contributed by atoms with Crippen LogP contribution in [0.1, 0.15) is 11.1 Å². The minimum Gasteiger partial charge on any atom is -0.397 e. The zero-order chi connectivity index (χ0) is 13.3. The number of nitrogens with two attached hydrogens (primary N) is 1. The largest absolute Gasteiger partial charge is 0.397 e. The Morgan fingerprint density at radius 3 is 2.44 bits per heavy atom. The summed E-state index contributed by atoms with van der Waals surface area (Å²) in [6.45, 7) is 3.65. The van der Waals surface area contributed by atoms with Crippen molar-refractivity contribution in [1.82, 2.24) is 0 Å². The van der Waals surface area contributed by atoms with Crippen molar-refractivity contribution in [1.29, 1.82) is 0 Å². The number of aryl methyl sites for hydroxylation is 2. The molecule has 0 saturated heterocycles. The van der Waals surface area contributed by atoms with Gasteiger partial charge in [0.05, 0.1) is 11.4 Å². The lowest BCUT2D eigenvalue weighted by Crippen LogP contribution is -1.99. The zero-order valence-electron chi connectivity index (χ0n) is 10.2. The van der Waals surface area contributed by atoms with Crippen LogP contribution in [0.15, 0.2) is 30.3 Å². The molecule has 2 aromatic carbocycles.